The largest absolute Gasteiger partial charge is 0.497 e. The summed E-state index contributed by atoms with van der Waals surface area (Å²) in [5, 5.41) is 9.87. The van der Waals surface area contributed by atoms with Crippen molar-refractivity contribution in [2.45, 2.75) is 13.8 Å². The van der Waals surface area contributed by atoms with Crippen LogP contribution in [0.2, 0.25) is 0 Å². The first-order valence-electron chi connectivity index (χ1n) is 9.05. The van der Waals surface area contributed by atoms with Crippen LogP contribution in [0.25, 0.3) is 11.3 Å². The highest BCUT2D eigenvalue weighted by molar-refractivity contribution is 6.04. The number of ether oxygens (including phenoxy) is 3. The SMILES string of the molecule is CCOc1ccc(OCC)c(NC(=O)c2cc(-c3cccc(OC)c3)n[nH]2)c1. The summed E-state index contributed by atoms with van der Waals surface area (Å²) in [5.41, 5.74) is 2.37. The van der Waals surface area contributed by atoms with Crippen molar-refractivity contribution in [3.05, 3.63) is 54.2 Å². The Morgan fingerprint density at radius 3 is 2.61 bits per heavy atom. The van der Waals surface area contributed by atoms with Crippen LogP contribution in [0, 0.1) is 0 Å². The van der Waals surface area contributed by atoms with Gasteiger partial charge in [0.25, 0.3) is 5.91 Å². The van der Waals surface area contributed by atoms with E-state index in [1.54, 1.807) is 31.4 Å². The summed E-state index contributed by atoms with van der Waals surface area (Å²) in [7, 11) is 1.61. The highest BCUT2D eigenvalue weighted by Crippen LogP contribution is 2.30. The average molecular weight is 381 g/mol. The van der Waals surface area contributed by atoms with Gasteiger partial charge in [0.2, 0.25) is 0 Å². The summed E-state index contributed by atoms with van der Waals surface area (Å²) in [6.07, 6.45) is 0. The van der Waals surface area contributed by atoms with Crippen LogP contribution >= 0.6 is 0 Å². The summed E-state index contributed by atoms with van der Waals surface area (Å²) < 4.78 is 16.3. The van der Waals surface area contributed by atoms with E-state index in [0.717, 1.165) is 11.3 Å². The summed E-state index contributed by atoms with van der Waals surface area (Å²) in [5.74, 6) is 1.63. The van der Waals surface area contributed by atoms with Crippen LogP contribution in [0.1, 0.15) is 24.3 Å². The van der Waals surface area contributed by atoms with Crippen molar-refractivity contribution >= 4 is 11.6 Å². The molecule has 3 rings (SSSR count). The highest BCUT2D eigenvalue weighted by atomic mass is 16.5. The second kappa shape index (κ2) is 8.94. The van der Waals surface area contributed by atoms with Crippen molar-refractivity contribution in [3.8, 4) is 28.5 Å². The van der Waals surface area contributed by atoms with Gasteiger partial charge in [-0.05, 0) is 44.2 Å². The maximum Gasteiger partial charge on any atom is 0.273 e. The third kappa shape index (κ3) is 4.43. The highest BCUT2D eigenvalue weighted by Gasteiger charge is 2.15. The molecule has 0 aliphatic heterocycles. The summed E-state index contributed by atoms with van der Waals surface area (Å²) >= 11 is 0. The Labute approximate surface area is 163 Å². The molecule has 3 aromatic rings. The number of aromatic amines is 1. The number of hydrogen-bond donors (Lipinski definition) is 2. The lowest BCUT2D eigenvalue weighted by atomic mass is 10.1. The topological polar surface area (TPSA) is 85.5 Å². The van der Waals surface area contributed by atoms with Crippen LogP contribution in [0.3, 0.4) is 0 Å². The van der Waals surface area contributed by atoms with Crippen molar-refractivity contribution in [2.24, 2.45) is 0 Å². The zero-order valence-electron chi connectivity index (χ0n) is 16.1. The van der Waals surface area contributed by atoms with Crippen LogP contribution in [-0.2, 0) is 0 Å². The fourth-order valence-corrected chi connectivity index (χ4v) is 2.70. The Balaban J connectivity index is 1.81. The van der Waals surface area contributed by atoms with Crippen LogP contribution in [0.4, 0.5) is 5.69 Å². The number of anilines is 1. The molecule has 0 aliphatic rings. The third-order valence-corrected chi connectivity index (χ3v) is 4.00. The minimum atomic E-state index is -0.323. The molecule has 0 unspecified atom stereocenters. The molecule has 0 aliphatic carbocycles. The lowest BCUT2D eigenvalue weighted by molar-refractivity contribution is 0.102. The average Bonchev–Trinajstić information content (AvgIpc) is 3.21. The van der Waals surface area contributed by atoms with E-state index in [1.165, 1.54) is 0 Å². The Hall–Kier alpha value is -3.48. The van der Waals surface area contributed by atoms with Gasteiger partial charge in [-0.25, -0.2) is 0 Å². The number of benzene rings is 2. The smallest absolute Gasteiger partial charge is 0.273 e. The third-order valence-electron chi connectivity index (χ3n) is 4.00. The van der Waals surface area contributed by atoms with Gasteiger partial charge in [0.05, 0.1) is 31.7 Å². The van der Waals surface area contributed by atoms with Crippen molar-refractivity contribution in [3.63, 3.8) is 0 Å². The summed E-state index contributed by atoms with van der Waals surface area (Å²) in [6, 6.07) is 14.5. The second-order valence-electron chi connectivity index (χ2n) is 5.88. The Kier molecular flexibility index (Phi) is 6.16. The lowest BCUT2D eigenvalue weighted by Gasteiger charge is -2.13. The molecule has 0 bridgehead atoms. The molecule has 7 heteroatoms. The van der Waals surface area contributed by atoms with Crippen molar-refractivity contribution in [2.75, 3.05) is 25.6 Å². The van der Waals surface area contributed by atoms with Crippen molar-refractivity contribution < 1.29 is 19.0 Å². The molecule has 7 nitrogen and oxygen atoms in total. The van der Waals surface area contributed by atoms with E-state index in [4.69, 9.17) is 14.2 Å². The summed E-state index contributed by atoms with van der Waals surface area (Å²) in [6.45, 7) is 4.81. The zero-order chi connectivity index (χ0) is 19.9. The van der Waals surface area contributed by atoms with E-state index in [-0.39, 0.29) is 5.91 Å². The Bertz CT molecular complexity index is 952. The lowest BCUT2D eigenvalue weighted by Crippen LogP contribution is -2.13. The van der Waals surface area contributed by atoms with Gasteiger partial charge in [0, 0.05) is 11.6 Å². The number of amides is 1. The molecule has 0 saturated heterocycles. The predicted octanol–water partition coefficient (Wildman–Crippen LogP) is 4.14. The normalized spacial score (nSPS) is 10.4. The van der Waals surface area contributed by atoms with Gasteiger partial charge < -0.3 is 19.5 Å². The molecule has 0 atom stereocenters. The number of carbonyl (C=O) groups is 1. The van der Waals surface area contributed by atoms with Gasteiger partial charge in [-0.15, -0.1) is 0 Å². The van der Waals surface area contributed by atoms with Gasteiger partial charge >= 0.3 is 0 Å². The van der Waals surface area contributed by atoms with E-state index >= 15 is 0 Å². The van der Waals surface area contributed by atoms with E-state index in [0.29, 0.717) is 41.8 Å². The van der Waals surface area contributed by atoms with E-state index < -0.39 is 0 Å². The molecule has 0 saturated carbocycles. The van der Waals surface area contributed by atoms with E-state index in [9.17, 15) is 4.79 Å². The Morgan fingerprint density at radius 1 is 1.04 bits per heavy atom. The quantitative estimate of drug-likeness (QED) is 0.613. The minimum Gasteiger partial charge on any atom is -0.497 e. The van der Waals surface area contributed by atoms with Gasteiger partial charge in [-0.3, -0.25) is 9.89 Å². The van der Waals surface area contributed by atoms with Crippen LogP contribution in [0.5, 0.6) is 17.2 Å². The maximum absolute atomic E-state index is 12.7. The monoisotopic (exact) mass is 381 g/mol. The first kappa shape index (κ1) is 19.3. The van der Waals surface area contributed by atoms with Crippen LogP contribution in [-0.4, -0.2) is 36.4 Å². The minimum absolute atomic E-state index is 0.323. The zero-order valence-corrected chi connectivity index (χ0v) is 16.1. The first-order chi connectivity index (χ1) is 13.6. The van der Waals surface area contributed by atoms with Gasteiger partial charge in [0.15, 0.2) is 0 Å². The second-order valence-corrected chi connectivity index (χ2v) is 5.88. The van der Waals surface area contributed by atoms with Crippen molar-refractivity contribution in [1.82, 2.24) is 10.2 Å². The van der Waals surface area contributed by atoms with Crippen LogP contribution in [0.15, 0.2) is 48.5 Å². The Morgan fingerprint density at radius 2 is 1.86 bits per heavy atom. The number of nitrogens with zero attached hydrogens (tertiary/aromatic N) is 1. The number of methoxy groups -OCH3 is 1. The first-order valence-corrected chi connectivity index (χ1v) is 9.05. The summed E-state index contributed by atoms with van der Waals surface area (Å²) in [4.78, 5) is 12.7. The molecular weight excluding hydrogens is 358 g/mol. The van der Waals surface area contributed by atoms with Gasteiger partial charge in [-0.2, -0.15) is 5.10 Å². The molecule has 146 valence electrons. The van der Waals surface area contributed by atoms with Crippen molar-refractivity contribution in [1.29, 1.82) is 0 Å². The molecule has 2 N–H and O–H groups in total. The molecule has 0 spiro atoms. The molecular formula is C21H23N3O4. The predicted molar refractivity (Wildman–Crippen MR) is 107 cm³/mol. The molecule has 2 aromatic carbocycles. The molecule has 0 fully saturated rings. The molecule has 1 heterocycles. The van der Waals surface area contributed by atoms with Gasteiger partial charge in [-0.1, -0.05) is 12.1 Å². The number of H-pyrrole nitrogens is 1. The molecule has 0 radical (unpaired) electrons. The van der Waals surface area contributed by atoms with E-state index in [1.807, 2.05) is 38.1 Å². The van der Waals surface area contributed by atoms with Crippen LogP contribution < -0.4 is 19.5 Å². The standard InChI is InChI=1S/C21H23N3O4/c1-4-27-16-9-10-20(28-5-2)18(12-16)22-21(25)19-13-17(23-24-19)14-7-6-8-15(11-14)26-3/h6-13H,4-5H2,1-3H3,(H,22,25)(H,23,24). The number of rotatable bonds is 8. The number of nitrogens with one attached hydrogen (secondary N) is 2. The fraction of sp³-hybridized carbons (Fsp3) is 0.238. The number of hydrogen-bond acceptors (Lipinski definition) is 5. The maximum atomic E-state index is 12.7. The number of aromatic nitrogens is 2. The fourth-order valence-electron chi connectivity index (χ4n) is 2.70. The molecule has 1 amide bonds. The number of carbonyl (C=O) groups excluding carboxylic acids is 1. The van der Waals surface area contributed by atoms with E-state index in [2.05, 4.69) is 15.5 Å². The molecule has 1 aromatic heterocycles. The van der Waals surface area contributed by atoms with Gasteiger partial charge in [0.1, 0.15) is 22.9 Å². The molecule has 28 heavy (non-hydrogen) atoms.